The highest BCUT2D eigenvalue weighted by Crippen LogP contribution is 2.57. The molecule has 1 unspecified atom stereocenters. The molecule has 6 aromatic carbocycles. The van der Waals surface area contributed by atoms with Gasteiger partial charge in [-0.25, -0.2) is 0 Å². The summed E-state index contributed by atoms with van der Waals surface area (Å²) in [6.07, 6.45) is -16.7. The molecule has 3 saturated heterocycles. The minimum absolute atomic E-state index is 0.0173. The number of ether oxygens (including phenoxy) is 9. The van der Waals surface area contributed by atoms with Crippen LogP contribution in [0.5, 0.6) is 51.7 Å². The van der Waals surface area contributed by atoms with Crippen LogP contribution in [0.15, 0.2) is 54.6 Å². The molecule has 3 fully saturated rings. The number of hydrogen-bond donors (Lipinski definition) is 19. The summed E-state index contributed by atoms with van der Waals surface area (Å²) in [4.78, 5) is 107. The third-order valence-electron chi connectivity index (χ3n) is 23.6. The first-order valence-electron chi connectivity index (χ1n) is 37.4. The number of nitrogens with two attached hydrogens (primary N) is 3. The summed E-state index contributed by atoms with van der Waals surface area (Å²) >= 11 is 0. The van der Waals surface area contributed by atoms with Gasteiger partial charge in [0, 0.05) is 126 Å². The van der Waals surface area contributed by atoms with Crippen molar-refractivity contribution >= 4 is 46.3 Å². The Kier molecular flexibility index (Phi) is 23.3. The Morgan fingerprint density at radius 2 is 0.701 bits per heavy atom. The second-order valence-electron chi connectivity index (χ2n) is 30.7. The van der Waals surface area contributed by atoms with E-state index in [9.17, 15) is 120 Å². The summed E-state index contributed by atoms with van der Waals surface area (Å²) < 4.78 is 51.0. The van der Waals surface area contributed by atoms with Gasteiger partial charge in [-0.2, -0.15) is 0 Å². The third kappa shape index (κ3) is 14.3. The van der Waals surface area contributed by atoms with E-state index in [1.54, 1.807) is 20.8 Å². The van der Waals surface area contributed by atoms with Crippen molar-refractivity contribution in [1.29, 1.82) is 0 Å². The van der Waals surface area contributed by atoms with Crippen molar-refractivity contribution < 1.29 is 163 Å². The topological polar surface area (TPSA) is 621 Å². The van der Waals surface area contributed by atoms with Gasteiger partial charge in [0.2, 0.25) is 17.3 Å². The monoisotopic (exact) mass is 1630 g/mol. The molecule has 22 N–H and O–H groups in total. The molecule has 0 bridgehead atoms. The summed E-state index contributed by atoms with van der Waals surface area (Å²) in [7, 11) is 3.97. The summed E-state index contributed by atoms with van der Waals surface area (Å²) in [5, 5.41) is 172. The van der Waals surface area contributed by atoms with Crippen LogP contribution in [0.3, 0.4) is 0 Å². The van der Waals surface area contributed by atoms with Gasteiger partial charge in [-0.1, -0.05) is 36.4 Å². The van der Waals surface area contributed by atoms with Crippen LogP contribution in [0.25, 0.3) is 0 Å². The third-order valence-corrected chi connectivity index (χ3v) is 23.6. The average Bonchev–Trinajstić information content (AvgIpc) is 0.719. The first-order valence-corrected chi connectivity index (χ1v) is 37.4. The van der Waals surface area contributed by atoms with Crippen LogP contribution in [-0.2, 0) is 57.3 Å². The molecule has 15 rings (SSSR count). The molecule has 0 saturated carbocycles. The quantitative estimate of drug-likeness (QED) is 0.0591. The molecule has 0 aromatic heterocycles. The maximum absolute atomic E-state index is 13.7. The van der Waals surface area contributed by atoms with E-state index in [4.69, 9.17) is 59.8 Å². The normalized spacial score (nSPS) is 30.2. The van der Waals surface area contributed by atoms with Gasteiger partial charge in [0.05, 0.1) is 139 Å². The van der Waals surface area contributed by atoms with Crippen molar-refractivity contribution in [3.63, 3.8) is 0 Å². The number of phenolic OH excluding ortho intramolecular Hbond substituents is 6. The molecule has 19 atom stereocenters. The molecule has 36 heteroatoms. The molecule has 36 nitrogen and oxygen atoms in total. The zero-order valence-electron chi connectivity index (χ0n) is 63.7. The summed E-state index contributed by atoms with van der Waals surface area (Å²) in [5.74, 6) is -10.2. The van der Waals surface area contributed by atoms with E-state index < -0.39 is 281 Å². The molecule has 0 amide bonds. The Morgan fingerprint density at radius 1 is 0.427 bits per heavy atom. The highest BCUT2D eigenvalue weighted by Gasteiger charge is 2.55. The predicted molar refractivity (Wildman–Crippen MR) is 396 cm³/mol. The summed E-state index contributed by atoms with van der Waals surface area (Å²) in [6.45, 7) is 1.89. The van der Waals surface area contributed by atoms with E-state index in [-0.39, 0.29) is 110 Å². The molecule has 0 spiro atoms. The van der Waals surface area contributed by atoms with E-state index in [0.717, 1.165) is 0 Å². The largest absolute Gasteiger partial charge is 0.507 e. The van der Waals surface area contributed by atoms with Gasteiger partial charge >= 0.3 is 0 Å². The number of fused-ring (bicyclic) bond motifs is 9. The lowest BCUT2D eigenvalue weighted by Gasteiger charge is -2.44. The van der Waals surface area contributed by atoms with Gasteiger partial charge in [0.15, 0.2) is 47.8 Å². The predicted octanol–water partition coefficient (Wildman–Crippen LogP) is -0.204. The van der Waals surface area contributed by atoms with Crippen molar-refractivity contribution in [1.82, 2.24) is 0 Å². The molecular formula is C81H89N3O33. The number of methoxy groups -OCH3 is 3. The number of rotatable bonds is 15. The lowest BCUT2D eigenvalue weighted by Crippen LogP contribution is -2.53. The average molecular weight is 1630 g/mol. The van der Waals surface area contributed by atoms with Crippen LogP contribution in [0.4, 0.5) is 0 Å². The zero-order valence-corrected chi connectivity index (χ0v) is 63.7. The van der Waals surface area contributed by atoms with Gasteiger partial charge < -0.3 is 142 Å². The second-order valence-corrected chi connectivity index (χ2v) is 30.7. The summed E-state index contributed by atoms with van der Waals surface area (Å²) in [6, 6.07) is 11.0. The molecule has 6 aliphatic carbocycles. The van der Waals surface area contributed by atoms with Gasteiger partial charge in [0.25, 0.3) is 0 Å². The van der Waals surface area contributed by atoms with Crippen molar-refractivity contribution in [2.75, 3.05) is 41.2 Å². The number of aromatic hydroxyl groups is 6. The Balaban J connectivity index is 0.000000152. The number of ketones is 8. The summed E-state index contributed by atoms with van der Waals surface area (Å²) in [5.41, 5.74) is 7.52. The Bertz CT molecular complexity index is 4860. The SMILES string of the molecule is COc1cccc2c1C(=O)c1c(O)c3c(c(O)c1C2=O)C[C@@](O)(C(=O)CO)C[C@@H]3O[C@H]1C[C@H](N)[C@@H](O)[C@H](C)O1.COc1cccc2c1C(=O)c1c(O)c3c(c(O)c1C2=O)C[C@@](O)(C(=O)CO)C[C@@H]3O[C@H]1C[C@H](N)[C@H](O)[C@H](C)O1.COc1cccc2c1C(=O)c1c(O)c3c(c(O)c1C2=O)C[C@@](O)(C(O)CO)C[C@@H]3O[C@H]1C[C@H](N)[C@H](O)[C@H](C)O1. The fourth-order valence-electron chi connectivity index (χ4n) is 17.3. The lowest BCUT2D eigenvalue weighted by molar-refractivity contribution is -0.251. The van der Waals surface area contributed by atoms with Crippen molar-refractivity contribution in [2.45, 2.75) is 193 Å². The van der Waals surface area contributed by atoms with Crippen LogP contribution < -0.4 is 31.4 Å². The minimum Gasteiger partial charge on any atom is -0.507 e. The van der Waals surface area contributed by atoms with Crippen LogP contribution in [0, 0.1) is 0 Å². The van der Waals surface area contributed by atoms with Crippen LogP contribution in [0.2, 0.25) is 0 Å². The Labute approximate surface area is 664 Å². The van der Waals surface area contributed by atoms with Gasteiger partial charge in [0.1, 0.15) is 82.3 Å². The molecule has 626 valence electrons. The molecule has 0 radical (unpaired) electrons. The first-order chi connectivity index (χ1) is 55.3. The number of hydrogen-bond acceptors (Lipinski definition) is 36. The van der Waals surface area contributed by atoms with Gasteiger partial charge in [-0.3, -0.25) is 38.4 Å². The number of Topliss-reactive ketones (excluding diaryl/α,β-unsaturated/α-hetero) is 2. The Morgan fingerprint density at radius 3 is 0.966 bits per heavy atom. The van der Waals surface area contributed by atoms with Crippen molar-refractivity contribution in [2.24, 2.45) is 17.2 Å². The van der Waals surface area contributed by atoms with E-state index in [1.165, 1.54) is 75.9 Å². The molecule has 3 aliphatic heterocycles. The molecule has 117 heavy (non-hydrogen) atoms. The number of carbonyl (C=O) groups is 8. The van der Waals surface area contributed by atoms with Gasteiger partial charge in [-0.05, 0) is 39.0 Å². The molecule has 9 aliphatic rings. The fraction of sp³-hybridized carbons (Fsp3) is 0.457. The van der Waals surface area contributed by atoms with E-state index >= 15 is 0 Å². The highest BCUT2D eigenvalue weighted by atomic mass is 16.7. The number of carbonyl (C=O) groups excluding carboxylic acids is 8. The number of benzene rings is 6. The molecule has 6 aromatic rings. The number of aliphatic hydroxyl groups is 10. The van der Waals surface area contributed by atoms with Crippen LogP contribution in [-0.4, -0.2) is 266 Å². The smallest absolute Gasteiger partial charge is 0.202 e. The number of aliphatic hydroxyl groups excluding tert-OH is 7. The zero-order chi connectivity index (χ0) is 85.2. The molecular weight excluding hydrogens is 1540 g/mol. The first kappa shape index (κ1) is 85.0. The van der Waals surface area contributed by atoms with E-state index in [2.05, 4.69) is 0 Å². The highest BCUT2D eigenvalue weighted by molar-refractivity contribution is 6.33. The van der Waals surface area contributed by atoms with Crippen LogP contribution >= 0.6 is 0 Å². The van der Waals surface area contributed by atoms with E-state index in [0.29, 0.717) is 0 Å². The van der Waals surface area contributed by atoms with Crippen LogP contribution in [0.1, 0.15) is 207 Å². The second kappa shape index (κ2) is 32.1. The van der Waals surface area contributed by atoms with E-state index in [1.807, 2.05) is 0 Å². The Hall–Kier alpha value is -9.88. The lowest BCUT2D eigenvalue weighted by atomic mass is 9.71. The number of phenols is 6. The maximum atomic E-state index is 13.7. The maximum Gasteiger partial charge on any atom is 0.202 e. The fourth-order valence-corrected chi connectivity index (χ4v) is 17.3. The standard InChI is InChI=1S/C27H31NO11.2C27H29NO11/c3*1-10-22(31)13(28)6-17(38-10)39-15-8-27(36,16(30)9-29)7-12-19(15)26(35)21-20(24(12)33)23(32)11-4-3-5-14(37-2)18(11)25(21)34/h3-5,10,13,15-17,22,29-31,33,35-36H,6-9,28H2,1-2H3;2*3-5,10,13,15,17,22,29,31,33,35-36H,6-9,28H2,1-2H3/t10-,13-,15-,16?,17-,22+,27-;10-,13-,15-,17-,22+,27-;10-,13-,15-,17-,22-,27-/m000/s1. The van der Waals surface area contributed by atoms with Crippen molar-refractivity contribution in [3.05, 3.63) is 155 Å². The van der Waals surface area contributed by atoms with Crippen molar-refractivity contribution in [3.8, 4) is 51.7 Å². The minimum atomic E-state index is -2.24. The molecule has 3 heterocycles. The van der Waals surface area contributed by atoms with Gasteiger partial charge in [-0.15, -0.1) is 0 Å².